The molecule has 0 aliphatic rings. The second-order valence-electron chi connectivity index (χ2n) is 4.55. The van der Waals surface area contributed by atoms with Crippen LogP contribution in [0.1, 0.15) is 21.7 Å². The Labute approximate surface area is 117 Å². The maximum atomic E-state index is 12.4. The lowest BCUT2D eigenvalue weighted by Crippen LogP contribution is -2.15. The highest BCUT2D eigenvalue weighted by molar-refractivity contribution is 6.07. The largest absolute Gasteiger partial charge is 0.494 e. The number of benzene rings is 1. The summed E-state index contributed by atoms with van der Waals surface area (Å²) in [5.41, 5.74) is 9.00. The van der Waals surface area contributed by atoms with Gasteiger partial charge in [-0.3, -0.25) is 9.48 Å². The third-order valence-corrected chi connectivity index (χ3v) is 3.24. The molecule has 2 rings (SSSR count). The van der Waals surface area contributed by atoms with Gasteiger partial charge in [-0.25, -0.2) is 0 Å². The summed E-state index contributed by atoms with van der Waals surface area (Å²) in [6.45, 7) is 3.74. The molecule has 20 heavy (non-hydrogen) atoms. The zero-order chi connectivity index (χ0) is 14.9. The summed E-state index contributed by atoms with van der Waals surface area (Å²) in [6, 6.07) is 5.08. The molecule has 1 aromatic carbocycles. The molecular formula is C14H18N4O2. The van der Waals surface area contributed by atoms with E-state index in [1.807, 2.05) is 20.9 Å². The van der Waals surface area contributed by atoms with Gasteiger partial charge >= 0.3 is 0 Å². The minimum atomic E-state index is -0.270. The Morgan fingerprint density at radius 1 is 1.40 bits per heavy atom. The van der Waals surface area contributed by atoms with Crippen molar-refractivity contribution >= 4 is 17.3 Å². The van der Waals surface area contributed by atoms with Crippen LogP contribution in [0.15, 0.2) is 18.2 Å². The molecule has 0 unspecified atom stereocenters. The zero-order valence-electron chi connectivity index (χ0n) is 12.0. The number of carbonyl (C=O) groups is 1. The number of rotatable bonds is 3. The fourth-order valence-corrected chi connectivity index (χ4v) is 2.10. The van der Waals surface area contributed by atoms with Crippen molar-refractivity contribution in [2.24, 2.45) is 7.05 Å². The van der Waals surface area contributed by atoms with E-state index in [0.717, 1.165) is 11.4 Å². The summed E-state index contributed by atoms with van der Waals surface area (Å²) in [5, 5.41) is 7.12. The minimum Gasteiger partial charge on any atom is -0.494 e. The van der Waals surface area contributed by atoms with E-state index < -0.39 is 0 Å². The molecule has 1 amide bonds. The number of nitrogens with two attached hydrogens (primary N) is 1. The maximum absolute atomic E-state index is 12.4. The molecule has 1 aromatic heterocycles. The Hall–Kier alpha value is -2.50. The van der Waals surface area contributed by atoms with Gasteiger partial charge in [-0.15, -0.1) is 0 Å². The molecule has 106 valence electrons. The molecule has 0 spiro atoms. The van der Waals surface area contributed by atoms with Gasteiger partial charge in [0.15, 0.2) is 5.75 Å². The van der Waals surface area contributed by atoms with Crippen molar-refractivity contribution in [3.05, 3.63) is 35.2 Å². The summed E-state index contributed by atoms with van der Waals surface area (Å²) >= 11 is 0. The van der Waals surface area contributed by atoms with Crippen molar-refractivity contribution in [3.8, 4) is 5.75 Å². The van der Waals surface area contributed by atoms with Crippen LogP contribution in [0.25, 0.3) is 0 Å². The standard InChI is InChI=1S/C14H18N4O2/c1-8-12(9(2)18(3)17-8)16-14(19)10-6-5-7-11(15)13(10)20-4/h5-7H,15H2,1-4H3,(H,16,19). The van der Waals surface area contributed by atoms with Crippen LogP contribution in [0.2, 0.25) is 0 Å². The molecule has 2 aromatic rings. The lowest BCUT2D eigenvalue weighted by molar-refractivity contribution is 0.102. The molecule has 0 radical (unpaired) electrons. The van der Waals surface area contributed by atoms with Gasteiger partial charge in [0.05, 0.1) is 35.4 Å². The van der Waals surface area contributed by atoms with Crippen LogP contribution in [0, 0.1) is 13.8 Å². The molecule has 0 saturated carbocycles. The van der Waals surface area contributed by atoms with Crippen molar-refractivity contribution in [2.75, 3.05) is 18.2 Å². The van der Waals surface area contributed by atoms with E-state index in [2.05, 4.69) is 10.4 Å². The highest BCUT2D eigenvalue weighted by Gasteiger charge is 2.18. The first-order valence-electron chi connectivity index (χ1n) is 6.19. The summed E-state index contributed by atoms with van der Waals surface area (Å²) in [7, 11) is 3.32. The second-order valence-corrected chi connectivity index (χ2v) is 4.55. The van der Waals surface area contributed by atoms with Crippen LogP contribution < -0.4 is 15.8 Å². The van der Waals surface area contributed by atoms with Crippen LogP contribution in [-0.4, -0.2) is 22.8 Å². The summed E-state index contributed by atoms with van der Waals surface area (Å²) in [5.74, 6) is 0.109. The number of ether oxygens (including phenoxy) is 1. The monoisotopic (exact) mass is 274 g/mol. The SMILES string of the molecule is COc1c(N)cccc1C(=O)Nc1c(C)nn(C)c1C. The van der Waals surface area contributed by atoms with Crippen LogP contribution in [0.3, 0.4) is 0 Å². The average Bonchev–Trinajstić information content (AvgIpc) is 2.65. The number of methoxy groups -OCH3 is 1. The highest BCUT2D eigenvalue weighted by atomic mass is 16.5. The number of para-hydroxylation sites is 1. The molecule has 1 heterocycles. The lowest BCUT2D eigenvalue weighted by Gasteiger charge is -2.11. The molecular weight excluding hydrogens is 256 g/mol. The van der Waals surface area contributed by atoms with Gasteiger partial charge in [-0.05, 0) is 26.0 Å². The number of nitrogens with one attached hydrogen (secondary N) is 1. The van der Waals surface area contributed by atoms with E-state index in [9.17, 15) is 4.79 Å². The molecule has 0 fully saturated rings. The first kappa shape index (κ1) is 13.9. The Balaban J connectivity index is 2.36. The number of carbonyl (C=O) groups excluding carboxylic acids is 1. The smallest absolute Gasteiger partial charge is 0.259 e. The van der Waals surface area contributed by atoms with Gasteiger partial charge in [0.2, 0.25) is 0 Å². The number of amides is 1. The van der Waals surface area contributed by atoms with E-state index in [0.29, 0.717) is 22.7 Å². The quantitative estimate of drug-likeness (QED) is 0.837. The van der Waals surface area contributed by atoms with E-state index in [1.165, 1.54) is 7.11 Å². The van der Waals surface area contributed by atoms with Crippen molar-refractivity contribution in [2.45, 2.75) is 13.8 Å². The van der Waals surface area contributed by atoms with Crippen molar-refractivity contribution in [1.82, 2.24) is 9.78 Å². The Morgan fingerprint density at radius 2 is 2.10 bits per heavy atom. The number of anilines is 2. The zero-order valence-corrected chi connectivity index (χ0v) is 12.0. The van der Waals surface area contributed by atoms with Gasteiger partial charge in [0.25, 0.3) is 5.91 Å². The summed E-state index contributed by atoms with van der Waals surface area (Å²) in [4.78, 5) is 12.4. The molecule has 0 saturated heterocycles. The van der Waals surface area contributed by atoms with Crippen LogP contribution in [0.4, 0.5) is 11.4 Å². The first-order valence-corrected chi connectivity index (χ1v) is 6.19. The number of aryl methyl sites for hydroxylation is 2. The van der Waals surface area contributed by atoms with E-state index in [1.54, 1.807) is 22.9 Å². The van der Waals surface area contributed by atoms with Gasteiger partial charge in [0.1, 0.15) is 0 Å². The molecule has 0 bridgehead atoms. The third-order valence-electron chi connectivity index (χ3n) is 3.24. The fraction of sp³-hybridized carbons (Fsp3) is 0.286. The number of nitrogen functional groups attached to an aromatic ring is 1. The normalized spacial score (nSPS) is 10.4. The number of hydrogen-bond donors (Lipinski definition) is 2. The average molecular weight is 274 g/mol. The fourth-order valence-electron chi connectivity index (χ4n) is 2.10. The second kappa shape index (κ2) is 5.24. The predicted octanol–water partition coefficient (Wildman–Crippen LogP) is 1.88. The van der Waals surface area contributed by atoms with E-state index in [4.69, 9.17) is 10.5 Å². The number of aromatic nitrogens is 2. The lowest BCUT2D eigenvalue weighted by atomic mass is 10.1. The van der Waals surface area contributed by atoms with Gasteiger partial charge < -0.3 is 15.8 Å². The Kier molecular flexibility index (Phi) is 3.65. The number of hydrogen-bond acceptors (Lipinski definition) is 4. The Morgan fingerprint density at radius 3 is 2.65 bits per heavy atom. The third kappa shape index (κ3) is 2.32. The van der Waals surface area contributed by atoms with Gasteiger partial charge in [0, 0.05) is 7.05 Å². The molecule has 3 N–H and O–H groups in total. The van der Waals surface area contributed by atoms with Crippen molar-refractivity contribution in [1.29, 1.82) is 0 Å². The number of nitrogens with zero attached hydrogens (tertiary/aromatic N) is 2. The Bertz CT molecular complexity index is 661. The van der Waals surface area contributed by atoms with Crippen LogP contribution in [0.5, 0.6) is 5.75 Å². The van der Waals surface area contributed by atoms with E-state index >= 15 is 0 Å². The topological polar surface area (TPSA) is 82.2 Å². The molecule has 0 aliphatic carbocycles. The van der Waals surface area contributed by atoms with Crippen molar-refractivity contribution < 1.29 is 9.53 Å². The van der Waals surface area contributed by atoms with Crippen molar-refractivity contribution in [3.63, 3.8) is 0 Å². The van der Waals surface area contributed by atoms with E-state index in [-0.39, 0.29) is 5.91 Å². The summed E-state index contributed by atoms with van der Waals surface area (Å²) in [6.07, 6.45) is 0. The van der Waals surface area contributed by atoms with Gasteiger partial charge in [-0.1, -0.05) is 6.07 Å². The first-order chi connectivity index (χ1) is 9.45. The molecule has 0 aliphatic heterocycles. The molecule has 6 heteroatoms. The maximum Gasteiger partial charge on any atom is 0.259 e. The van der Waals surface area contributed by atoms with Crippen LogP contribution >= 0.6 is 0 Å². The minimum absolute atomic E-state index is 0.270. The highest BCUT2D eigenvalue weighted by Crippen LogP contribution is 2.27. The van der Waals surface area contributed by atoms with Gasteiger partial charge in [-0.2, -0.15) is 5.10 Å². The summed E-state index contributed by atoms with van der Waals surface area (Å²) < 4.78 is 6.92. The predicted molar refractivity (Wildman–Crippen MR) is 78.0 cm³/mol. The molecule has 6 nitrogen and oxygen atoms in total. The molecule has 0 atom stereocenters. The van der Waals surface area contributed by atoms with Crippen LogP contribution in [-0.2, 0) is 7.05 Å².